The summed E-state index contributed by atoms with van der Waals surface area (Å²) in [6.07, 6.45) is 4.06. The number of hydrogen-bond donors (Lipinski definition) is 2. The molecule has 3 rings (SSSR count). The molecule has 0 spiro atoms. The Balaban J connectivity index is 1.67. The molecule has 0 aromatic carbocycles. The first-order valence-electron chi connectivity index (χ1n) is 8.16. The van der Waals surface area contributed by atoms with E-state index in [1.54, 1.807) is 19.2 Å². The molecule has 0 fully saturated rings. The van der Waals surface area contributed by atoms with E-state index < -0.39 is 16.7 Å². The lowest BCUT2D eigenvalue weighted by molar-refractivity contribution is -0.385. The molecule has 28 heavy (non-hydrogen) atoms. The number of nitrogens with zero attached hydrogens (tertiary/aromatic N) is 5. The number of amides is 2. The van der Waals surface area contributed by atoms with Gasteiger partial charge < -0.3 is 15.1 Å². The van der Waals surface area contributed by atoms with Gasteiger partial charge in [0, 0.05) is 13.2 Å². The van der Waals surface area contributed by atoms with Crippen molar-refractivity contribution < 1.29 is 18.9 Å². The van der Waals surface area contributed by atoms with Crippen LogP contribution in [0.15, 0.2) is 35.2 Å². The number of aryl methyl sites for hydroxylation is 1. The van der Waals surface area contributed by atoms with Gasteiger partial charge in [0.25, 0.3) is 5.91 Å². The number of furan rings is 1. The molecule has 0 unspecified atom stereocenters. The molecule has 0 aliphatic rings. The smallest absolute Gasteiger partial charge is 0.309 e. The van der Waals surface area contributed by atoms with Crippen LogP contribution < -0.4 is 10.6 Å². The van der Waals surface area contributed by atoms with Crippen molar-refractivity contribution >= 4 is 23.2 Å². The highest BCUT2D eigenvalue weighted by molar-refractivity contribution is 6.02. The second-order valence-electron chi connectivity index (χ2n) is 5.91. The van der Waals surface area contributed by atoms with Crippen LogP contribution in [0.5, 0.6) is 0 Å². The van der Waals surface area contributed by atoms with E-state index in [1.807, 2.05) is 0 Å². The molecule has 146 valence electrons. The van der Waals surface area contributed by atoms with Crippen molar-refractivity contribution in [3.05, 3.63) is 58.1 Å². The highest BCUT2D eigenvalue weighted by Crippen LogP contribution is 2.17. The minimum atomic E-state index is -0.570. The van der Waals surface area contributed by atoms with Crippen molar-refractivity contribution in [2.24, 2.45) is 7.05 Å². The molecule has 12 nitrogen and oxygen atoms in total. The third-order valence-electron chi connectivity index (χ3n) is 3.89. The highest BCUT2D eigenvalue weighted by atomic mass is 16.6. The van der Waals surface area contributed by atoms with Crippen LogP contribution in [0.25, 0.3) is 0 Å². The molecule has 0 radical (unpaired) electrons. The van der Waals surface area contributed by atoms with E-state index in [2.05, 4.69) is 20.8 Å². The molecule has 2 amide bonds. The molecule has 0 aliphatic carbocycles. The molecule has 0 saturated heterocycles. The van der Waals surface area contributed by atoms with Crippen molar-refractivity contribution in [2.45, 2.75) is 20.0 Å². The van der Waals surface area contributed by atoms with Gasteiger partial charge in [-0.3, -0.25) is 29.1 Å². The molecule has 3 heterocycles. The van der Waals surface area contributed by atoms with Gasteiger partial charge >= 0.3 is 5.69 Å². The number of nitro groups is 1. The fourth-order valence-corrected chi connectivity index (χ4v) is 2.51. The average Bonchev–Trinajstić information content (AvgIpc) is 3.35. The Labute approximate surface area is 158 Å². The SMILES string of the molecule is Cc1c([N+](=O)[O-])cnn1CC(=O)Nc1cn(C)nc1C(=O)NCc1ccco1. The van der Waals surface area contributed by atoms with Crippen LogP contribution in [0, 0.1) is 17.0 Å². The first kappa shape index (κ1) is 18.8. The average molecular weight is 387 g/mol. The predicted molar refractivity (Wildman–Crippen MR) is 95.3 cm³/mol. The van der Waals surface area contributed by atoms with Gasteiger partial charge in [-0.1, -0.05) is 0 Å². The van der Waals surface area contributed by atoms with E-state index in [4.69, 9.17) is 4.42 Å². The van der Waals surface area contributed by atoms with Gasteiger partial charge in [0.2, 0.25) is 5.91 Å². The normalized spacial score (nSPS) is 10.6. The molecular weight excluding hydrogens is 370 g/mol. The number of rotatable bonds is 7. The van der Waals surface area contributed by atoms with Crippen LogP contribution in [-0.2, 0) is 24.9 Å². The molecule has 2 N–H and O–H groups in total. The van der Waals surface area contributed by atoms with Gasteiger partial charge in [-0.05, 0) is 19.1 Å². The van der Waals surface area contributed by atoms with Crippen molar-refractivity contribution in [2.75, 3.05) is 5.32 Å². The molecular formula is C16H17N7O5. The number of hydrogen-bond acceptors (Lipinski definition) is 7. The third-order valence-corrected chi connectivity index (χ3v) is 3.89. The van der Waals surface area contributed by atoms with E-state index in [0.717, 1.165) is 6.20 Å². The number of aromatic nitrogens is 4. The van der Waals surface area contributed by atoms with Gasteiger partial charge in [-0.25, -0.2) is 0 Å². The summed E-state index contributed by atoms with van der Waals surface area (Å²) in [5.74, 6) is -0.419. The third kappa shape index (κ3) is 4.06. The molecule has 0 bridgehead atoms. The van der Waals surface area contributed by atoms with Gasteiger partial charge in [-0.15, -0.1) is 0 Å². The first-order valence-corrected chi connectivity index (χ1v) is 8.16. The summed E-state index contributed by atoms with van der Waals surface area (Å²) in [4.78, 5) is 35.0. The molecule has 0 saturated carbocycles. The van der Waals surface area contributed by atoms with Crippen LogP contribution in [-0.4, -0.2) is 36.3 Å². The summed E-state index contributed by atoms with van der Waals surface area (Å²) in [6, 6.07) is 3.42. The van der Waals surface area contributed by atoms with Gasteiger partial charge in [0.15, 0.2) is 5.69 Å². The van der Waals surface area contributed by atoms with Crippen LogP contribution >= 0.6 is 0 Å². The van der Waals surface area contributed by atoms with E-state index in [0.29, 0.717) is 5.76 Å². The maximum atomic E-state index is 12.4. The fourth-order valence-electron chi connectivity index (χ4n) is 2.51. The quantitative estimate of drug-likeness (QED) is 0.453. The van der Waals surface area contributed by atoms with Crippen molar-refractivity contribution in [3.8, 4) is 0 Å². The second-order valence-corrected chi connectivity index (χ2v) is 5.91. The standard InChI is InChI=1S/C16H17N7O5/c1-10-13(23(26)27)7-18-22(10)9-14(24)19-12-8-21(2)20-15(12)16(25)17-6-11-4-3-5-28-11/h3-5,7-8H,6,9H2,1-2H3,(H,17,25)(H,19,24). The molecule has 12 heteroatoms. The molecule has 0 atom stereocenters. The van der Waals surface area contributed by atoms with E-state index in [9.17, 15) is 19.7 Å². The summed E-state index contributed by atoms with van der Waals surface area (Å²) in [5.41, 5.74) is 0.323. The molecule has 3 aromatic rings. The minimum absolute atomic E-state index is 0.0329. The zero-order chi connectivity index (χ0) is 20.3. The van der Waals surface area contributed by atoms with Gasteiger partial charge in [0.05, 0.1) is 23.4 Å². The van der Waals surface area contributed by atoms with E-state index in [-0.39, 0.29) is 35.9 Å². The lowest BCUT2D eigenvalue weighted by Crippen LogP contribution is -2.26. The highest BCUT2D eigenvalue weighted by Gasteiger charge is 2.21. The second kappa shape index (κ2) is 7.73. The predicted octanol–water partition coefficient (Wildman–Crippen LogP) is 0.995. The molecule has 3 aromatic heterocycles. The Hall–Kier alpha value is -3.96. The van der Waals surface area contributed by atoms with E-state index >= 15 is 0 Å². The number of anilines is 1. The maximum Gasteiger partial charge on any atom is 0.309 e. The van der Waals surface area contributed by atoms with Crippen LogP contribution in [0.2, 0.25) is 0 Å². The van der Waals surface area contributed by atoms with E-state index in [1.165, 1.54) is 28.7 Å². The summed E-state index contributed by atoms with van der Waals surface area (Å²) < 4.78 is 7.75. The summed E-state index contributed by atoms with van der Waals surface area (Å²) in [6.45, 7) is 1.42. The maximum absolute atomic E-state index is 12.4. The number of carbonyl (C=O) groups excluding carboxylic acids is 2. The Kier molecular flexibility index (Phi) is 5.20. The number of carbonyl (C=O) groups is 2. The summed E-state index contributed by atoms with van der Waals surface area (Å²) >= 11 is 0. The van der Waals surface area contributed by atoms with Gasteiger partial charge in [-0.2, -0.15) is 10.2 Å². The Morgan fingerprint density at radius 3 is 2.82 bits per heavy atom. The van der Waals surface area contributed by atoms with Crippen LogP contribution in [0.1, 0.15) is 21.9 Å². The lowest BCUT2D eigenvalue weighted by atomic mass is 10.3. The summed E-state index contributed by atoms with van der Waals surface area (Å²) in [7, 11) is 1.61. The minimum Gasteiger partial charge on any atom is -0.467 e. The lowest BCUT2D eigenvalue weighted by Gasteiger charge is -2.07. The largest absolute Gasteiger partial charge is 0.467 e. The molecule has 0 aliphatic heterocycles. The Bertz CT molecular complexity index is 1020. The zero-order valence-electron chi connectivity index (χ0n) is 15.1. The van der Waals surface area contributed by atoms with Crippen LogP contribution in [0.4, 0.5) is 11.4 Å². The fraction of sp³-hybridized carbons (Fsp3) is 0.250. The zero-order valence-corrected chi connectivity index (χ0v) is 15.1. The number of nitrogens with one attached hydrogen (secondary N) is 2. The Morgan fingerprint density at radius 2 is 2.18 bits per heavy atom. The Morgan fingerprint density at radius 1 is 1.39 bits per heavy atom. The summed E-state index contributed by atoms with van der Waals surface area (Å²) in [5, 5.41) is 24.0. The van der Waals surface area contributed by atoms with Crippen molar-refractivity contribution in [1.29, 1.82) is 0 Å². The monoisotopic (exact) mass is 387 g/mol. The van der Waals surface area contributed by atoms with Crippen molar-refractivity contribution in [3.63, 3.8) is 0 Å². The van der Waals surface area contributed by atoms with Crippen molar-refractivity contribution in [1.82, 2.24) is 24.9 Å². The van der Waals surface area contributed by atoms with Crippen LogP contribution in [0.3, 0.4) is 0 Å². The topological polar surface area (TPSA) is 150 Å². The first-order chi connectivity index (χ1) is 13.3. The van der Waals surface area contributed by atoms with Gasteiger partial charge in [0.1, 0.15) is 24.2 Å².